The number of aliphatic hydroxyl groups excluding tert-OH is 1. The molecule has 7 atom stereocenters. The van der Waals surface area contributed by atoms with Crippen molar-refractivity contribution in [2.24, 2.45) is 23.7 Å². The zero-order valence-electron chi connectivity index (χ0n) is 71.5. The molecule has 0 aliphatic heterocycles. The van der Waals surface area contributed by atoms with Crippen molar-refractivity contribution < 1.29 is 80.2 Å². The Balaban J connectivity index is 5.23. The number of unbranched alkanes of at least 4 members (excludes halogenated alkanes) is 50. The number of carbonyl (C=O) groups is 4. The van der Waals surface area contributed by atoms with Gasteiger partial charge in [-0.25, -0.2) is 9.13 Å². The van der Waals surface area contributed by atoms with Gasteiger partial charge in [0, 0.05) is 25.7 Å². The van der Waals surface area contributed by atoms with Gasteiger partial charge >= 0.3 is 39.5 Å². The van der Waals surface area contributed by atoms with Crippen LogP contribution in [0.5, 0.6) is 0 Å². The van der Waals surface area contributed by atoms with Crippen LogP contribution in [0.15, 0.2) is 0 Å². The molecule has 0 saturated carbocycles. The fourth-order valence-electron chi connectivity index (χ4n) is 13.8. The number of phosphoric acid groups is 2. The van der Waals surface area contributed by atoms with Crippen LogP contribution in [-0.2, 0) is 65.4 Å². The van der Waals surface area contributed by atoms with E-state index in [0.29, 0.717) is 31.6 Å². The zero-order valence-corrected chi connectivity index (χ0v) is 73.3. The number of ether oxygens (including phenoxy) is 4. The number of hydrogen-bond donors (Lipinski definition) is 3. The van der Waals surface area contributed by atoms with Gasteiger partial charge in [0.05, 0.1) is 26.4 Å². The summed E-state index contributed by atoms with van der Waals surface area (Å²) in [5, 5.41) is 10.7. The van der Waals surface area contributed by atoms with E-state index in [1.54, 1.807) is 0 Å². The van der Waals surface area contributed by atoms with Crippen molar-refractivity contribution in [3.8, 4) is 0 Å². The maximum Gasteiger partial charge on any atom is 0.472 e. The first-order chi connectivity index (χ1) is 52.2. The van der Waals surface area contributed by atoms with E-state index in [1.165, 1.54) is 263 Å². The van der Waals surface area contributed by atoms with Crippen molar-refractivity contribution in [3.63, 3.8) is 0 Å². The highest BCUT2D eigenvalue weighted by atomic mass is 31.2. The number of aliphatic hydroxyl groups is 1. The van der Waals surface area contributed by atoms with Crippen LogP contribution < -0.4 is 0 Å². The molecule has 17 nitrogen and oxygen atoms in total. The van der Waals surface area contributed by atoms with Crippen molar-refractivity contribution in [3.05, 3.63) is 0 Å². The summed E-state index contributed by atoms with van der Waals surface area (Å²) in [5.74, 6) is 1.12. The molecule has 0 bridgehead atoms. The SMILES string of the molecule is CCC(C)CCCCCCCCCCCCCCCCCCCCC(=O)O[C@H](COC(=O)CCCCCCCCCCCCCCCCC(C)CC)COP(=O)(O)OCC(O)COP(=O)(O)OC[C@@H](COC(=O)CCCCCCCCCC(C)C)OC(=O)CCCCCCCCCCCCCCCCCC(C)C. The van der Waals surface area contributed by atoms with Gasteiger partial charge in [0.1, 0.15) is 19.3 Å². The van der Waals surface area contributed by atoms with Gasteiger partial charge in [0.2, 0.25) is 0 Å². The van der Waals surface area contributed by atoms with Gasteiger partial charge in [-0.1, -0.05) is 415 Å². The van der Waals surface area contributed by atoms with Crippen LogP contribution in [0.4, 0.5) is 0 Å². The van der Waals surface area contributed by atoms with Crippen molar-refractivity contribution in [2.45, 2.75) is 485 Å². The number of phosphoric ester groups is 2. The second-order valence-corrected chi connectivity index (χ2v) is 36.3. The topological polar surface area (TPSA) is 237 Å². The summed E-state index contributed by atoms with van der Waals surface area (Å²) < 4.78 is 69.0. The van der Waals surface area contributed by atoms with Crippen molar-refractivity contribution in [1.82, 2.24) is 0 Å². The van der Waals surface area contributed by atoms with Gasteiger partial charge < -0.3 is 33.8 Å². The summed E-state index contributed by atoms with van der Waals surface area (Å²) in [7, 11) is -9.93. The molecule has 0 aromatic carbocycles. The second kappa shape index (κ2) is 77.6. The lowest BCUT2D eigenvalue weighted by molar-refractivity contribution is -0.161. The number of esters is 4. The Hall–Kier alpha value is -1.94. The lowest BCUT2D eigenvalue weighted by Gasteiger charge is -2.21. The van der Waals surface area contributed by atoms with Crippen LogP contribution in [0.25, 0.3) is 0 Å². The molecule has 0 fully saturated rings. The molecule has 0 spiro atoms. The predicted octanol–water partition coefficient (Wildman–Crippen LogP) is 27.1. The highest BCUT2D eigenvalue weighted by Gasteiger charge is 2.31. The van der Waals surface area contributed by atoms with Gasteiger partial charge in [-0.3, -0.25) is 37.3 Å². The molecule has 19 heteroatoms. The van der Waals surface area contributed by atoms with Gasteiger partial charge in [-0.15, -0.1) is 0 Å². The van der Waals surface area contributed by atoms with E-state index in [1.807, 2.05) is 0 Å². The fourth-order valence-corrected chi connectivity index (χ4v) is 15.4. The Morgan fingerprint density at radius 3 is 0.657 bits per heavy atom. The Kier molecular flexibility index (Phi) is 76.2. The largest absolute Gasteiger partial charge is 0.472 e. The van der Waals surface area contributed by atoms with E-state index in [4.69, 9.17) is 37.0 Å². The summed E-state index contributed by atoms with van der Waals surface area (Å²) in [6.07, 6.45) is 68.1. The molecule has 0 amide bonds. The Morgan fingerprint density at radius 1 is 0.259 bits per heavy atom. The maximum atomic E-state index is 13.2. The molecule has 108 heavy (non-hydrogen) atoms. The lowest BCUT2D eigenvalue weighted by Crippen LogP contribution is -2.30. The minimum absolute atomic E-state index is 0.107. The van der Waals surface area contributed by atoms with E-state index in [2.05, 4.69) is 55.4 Å². The zero-order chi connectivity index (χ0) is 79.5. The average Bonchev–Trinajstić information content (AvgIpc) is 0.910. The summed E-state index contributed by atoms with van der Waals surface area (Å²) in [6.45, 7) is 14.4. The molecule has 0 rings (SSSR count). The molecule has 0 radical (unpaired) electrons. The Morgan fingerprint density at radius 2 is 0.444 bits per heavy atom. The minimum Gasteiger partial charge on any atom is -0.462 e. The third-order valence-corrected chi connectivity index (χ3v) is 23.4. The fraction of sp³-hybridized carbons (Fsp3) is 0.955. The molecule has 0 saturated heterocycles. The maximum absolute atomic E-state index is 13.2. The van der Waals surface area contributed by atoms with Crippen molar-refractivity contribution in [2.75, 3.05) is 39.6 Å². The molecular weight excluding hydrogens is 1400 g/mol. The molecular formula is C89H174O17P2. The van der Waals surface area contributed by atoms with Crippen LogP contribution in [0.3, 0.4) is 0 Å². The normalized spacial score (nSPS) is 14.4. The molecule has 0 aromatic heterocycles. The summed E-state index contributed by atoms with van der Waals surface area (Å²) in [5.41, 5.74) is 0. The summed E-state index contributed by atoms with van der Waals surface area (Å²) in [4.78, 5) is 73.3. The first-order valence-electron chi connectivity index (χ1n) is 45.8. The number of carbonyl (C=O) groups excluding carboxylic acids is 4. The summed E-state index contributed by atoms with van der Waals surface area (Å²) in [6, 6.07) is 0. The quantitative estimate of drug-likeness (QED) is 0.0222. The molecule has 0 heterocycles. The van der Waals surface area contributed by atoms with Crippen molar-refractivity contribution in [1.29, 1.82) is 0 Å². The van der Waals surface area contributed by atoms with E-state index in [0.717, 1.165) is 114 Å². The smallest absolute Gasteiger partial charge is 0.462 e. The minimum atomic E-state index is -4.97. The first kappa shape index (κ1) is 106. The van der Waals surface area contributed by atoms with Crippen LogP contribution in [0.1, 0.15) is 466 Å². The third-order valence-electron chi connectivity index (χ3n) is 21.5. The lowest BCUT2D eigenvalue weighted by atomic mass is 9.99. The van der Waals surface area contributed by atoms with E-state index in [9.17, 15) is 43.2 Å². The van der Waals surface area contributed by atoms with Crippen LogP contribution >= 0.6 is 15.6 Å². The number of hydrogen-bond acceptors (Lipinski definition) is 15. The molecule has 642 valence electrons. The van der Waals surface area contributed by atoms with Gasteiger partial charge in [0.25, 0.3) is 0 Å². The monoisotopic (exact) mass is 1580 g/mol. The van der Waals surface area contributed by atoms with Gasteiger partial charge in [-0.05, 0) is 49.4 Å². The standard InChI is InChI=1S/C89H174O17P2/c1-9-81(7)67-59-51-43-35-29-23-17-13-11-12-14-18-26-32-38-46-55-63-71-88(93)105-84(75-99-86(91)69-61-53-45-37-31-25-21-20-24-30-36-44-52-60-68-82(8)10-2)77-103-107(95,96)101-73-83(90)74-102-108(97,98)104-78-85(76-100-87(92)70-62-54-48-40-42-50-58-66-80(5)6)106-89(94)72-64-56-47-39-33-27-19-15-16-22-28-34-41-49-57-65-79(3)4/h79-85,90H,9-78H2,1-8H3,(H,95,96)(H,97,98)/t81?,82?,83?,84-,85-/m1/s1. The third kappa shape index (κ3) is 79.3. The van der Waals surface area contributed by atoms with E-state index in [-0.39, 0.29) is 25.7 Å². The Labute approximate surface area is 664 Å². The van der Waals surface area contributed by atoms with E-state index >= 15 is 0 Å². The highest BCUT2D eigenvalue weighted by molar-refractivity contribution is 7.47. The average molecular weight is 1580 g/mol. The molecule has 0 aliphatic rings. The van der Waals surface area contributed by atoms with Crippen molar-refractivity contribution >= 4 is 39.5 Å². The van der Waals surface area contributed by atoms with Gasteiger partial charge in [-0.2, -0.15) is 0 Å². The second-order valence-electron chi connectivity index (χ2n) is 33.4. The highest BCUT2D eigenvalue weighted by Crippen LogP contribution is 2.45. The summed E-state index contributed by atoms with van der Waals surface area (Å²) >= 11 is 0. The molecule has 3 N–H and O–H groups in total. The van der Waals surface area contributed by atoms with Crippen LogP contribution in [0, 0.1) is 23.7 Å². The van der Waals surface area contributed by atoms with Crippen LogP contribution in [-0.4, -0.2) is 96.7 Å². The van der Waals surface area contributed by atoms with E-state index < -0.39 is 97.5 Å². The molecule has 0 aromatic rings. The first-order valence-corrected chi connectivity index (χ1v) is 48.8. The number of rotatable bonds is 86. The Bertz CT molecular complexity index is 2100. The predicted molar refractivity (Wildman–Crippen MR) is 446 cm³/mol. The van der Waals surface area contributed by atoms with Crippen LogP contribution in [0.2, 0.25) is 0 Å². The van der Waals surface area contributed by atoms with Gasteiger partial charge in [0.15, 0.2) is 12.2 Å². The molecule has 0 aliphatic carbocycles. The molecule has 5 unspecified atom stereocenters.